The molecule has 19 heavy (non-hydrogen) atoms. The molecule has 1 aromatic rings. The largest absolute Gasteiger partial charge is 0.339 e. The summed E-state index contributed by atoms with van der Waals surface area (Å²) in [6.45, 7) is 6.08. The standard InChI is InChI=1S/C15H22N2O.ClH/c1-11-4-5-14(12(2)10-11)15(18)17(3)13-6-8-16-9-7-13;/h4-5,10,13,16H,6-9H2,1-3H3;1H. The molecule has 0 bridgehead atoms. The topological polar surface area (TPSA) is 32.3 Å². The maximum atomic E-state index is 12.5. The van der Waals surface area contributed by atoms with E-state index in [2.05, 4.69) is 18.3 Å². The molecule has 1 aliphatic rings. The van der Waals surface area contributed by atoms with Crippen LogP contribution in [0, 0.1) is 13.8 Å². The van der Waals surface area contributed by atoms with E-state index in [1.165, 1.54) is 5.56 Å². The lowest BCUT2D eigenvalue weighted by Crippen LogP contribution is -2.44. The predicted octanol–water partition coefficient (Wildman–Crippen LogP) is 2.55. The monoisotopic (exact) mass is 282 g/mol. The molecule has 1 saturated heterocycles. The molecule has 1 fully saturated rings. The first-order valence-corrected chi connectivity index (χ1v) is 6.64. The van der Waals surface area contributed by atoms with E-state index in [0.29, 0.717) is 6.04 Å². The SMILES string of the molecule is Cc1ccc(C(=O)N(C)C2CCNCC2)c(C)c1.Cl. The van der Waals surface area contributed by atoms with Gasteiger partial charge in [-0.1, -0.05) is 17.7 Å². The first kappa shape index (κ1) is 16.0. The number of carbonyl (C=O) groups excluding carboxylic acids is 1. The summed E-state index contributed by atoms with van der Waals surface area (Å²) in [5.74, 6) is 0.152. The lowest BCUT2D eigenvalue weighted by molar-refractivity contribution is 0.0702. The third-order valence-electron chi connectivity index (χ3n) is 3.79. The first-order chi connectivity index (χ1) is 8.59. The molecule has 1 heterocycles. The molecule has 0 atom stereocenters. The fraction of sp³-hybridized carbons (Fsp3) is 0.533. The molecule has 0 saturated carbocycles. The molecular formula is C15H23ClN2O. The number of hydrogen-bond donors (Lipinski definition) is 1. The van der Waals surface area contributed by atoms with Gasteiger partial charge in [0.05, 0.1) is 0 Å². The number of nitrogens with zero attached hydrogens (tertiary/aromatic N) is 1. The van der Waals surface area contributed by atoms with Crippen molar-refractivity contribution in [3.8, 4) is 0 Å². The van der Waals surface area contributed by atoms with Crippen molar-refractivity contribution in [2.45, 2.75) is 32.7 Å². The highest BCUT2D eigenvalue weighted by molar-refractivity contribution is 5.95. The molecule has 3 nitrogen and oxygen atoms in total. The number of hydrogen-bond acceptors (Lipinski definition) is 2. The lowest BCUT2D eigenvalue weighted by Gasteiger charge is -2.32. The summed E-state index contributed by atoms with van der Waals surface area (Å²) >= 11 is 0. The lowest BCUT2D eigenvalue weighted by atomic mass is 10.0. The summed E-state index contributed by atoms with van der Waals surface area (Å²) in [6.07, 6.45) is 2.10. The maximum absolute atomic E-state index is 12.5. The summed E-state index contributed by atoms with van der Waals surface area (Å²) in [5, 5.41) is 3.33. The van der Waals surface area contributed by atoms with Gasteiger partial charge in [0.1, 0.15) is 0 Å². The third kappa shape index (κ3) is 3.71. The molecule has 1 aromatic carbocycles. The van der Waals surface area contributed by atoms with Crippen LogP contribution in [0.25, 0.3) is 0 Å². The molecule has 2 rings (SSSR count). The van der Waals surface area contributed by atoms with Crippen molar-refractivity contribution in [2.24, 2.45) is 0 Å². The van der Waals surface area contributed by atoms with Gasteiger partial charge >= 0.3 is 0 Å². The Bertz CT molecular complexity index is 442. The first-order valence-electron chi connectivity index (χ1n) is 6.64. The Morgan fingerprint density at radius 3 is 2.47 bits per heavy atom. The van der Waals surface area contributed by atoms with E-state index in [1.807, 2.05) is 31.0 Å². The van der Waals surface area contributed by atoms with Crippen LogP contribution >= 0.6 is 12.4 Å². The molecule has 1 N–H and O–H groups in total. The fourth-order valence-electron chi connectivity index (χ4n) is 2.60. The van der Waals surface area contributed by atoms with E-state index in [-0.39, 0.29) is 18.3 Å². The summed E-state index contributed by atoms with van der Waals surface area (Å²) < 4.78 is 0. The Labute approximate surface area is 121 Å². The number of aryl methyl sites for hydroxylation is 2. The quantitative estimate of drug-likeness (QED) is 0.904. The van der Waals surface area contributed by atoms with Crippen LogP contribution in [0.2, 0.25) is 0 Å². The zero-order chi connectivity index (χ0) is 13.1. The maximum Gasteiger partial charge on any atom is 0.254 e. The number of amides is 1. The number of carbonyl (C=O) groups is 1. The van der Waals surface area contributed by atoms with Crippen molar-refractivity contribution >= 4 is 18.3 Å². The predicted molar refractivity (Wildman–Crippen MR) is 81.1 cm³/mol. The molecule has 0 aliphatic carbocycles. The van der Waals surface area contributed by atoms with Gasteiger partial charge in [-0.05, 0) is 51.4 Å². The van der Waals surface area contributed by atoms with Crippen molar-refractivity contribution in [2.75, 3.05) is 20.1 Å². The molecule has 0 radical (unpaired) electrons. The molecule has 0 aromatic heterocycles. The Kier molecular flexibility index (Phi) is 5.83. The van der Waals surface area contributed by atoms with Crippen molar-refractivity contribution in [1.82, 2.24) is 10.2 Å². The molecule has 106 valence electrons. The number of piperidine rings is 1. The van der Waals surface area contributed by atoms with Gasteiger partial charge in [0.2, 0.25) is 0 Å². The van der Waals surface area contributed by atoms with E-state index in [9.17, 15) is 4.79 Å². The summed E-state index contributed by atoms with van der Waals surface area (Å²) in [5.41, 5.74) is 3.11. The minimum atomic E-state index is 0. The minimum Gasteiger partial charge on any atom is -0.339 e. The van der Waals surface area contributed by atoms with E-state index in [1.54, 1.807) is 0 Å². The molecule has 4 heteroatoms. The zero-order valence-electron chi connectivity index (χ0n) is 11.9. The summed E-state index contributed by atoms with van der Waals surface area (Å²) in [7, 11) is 1.93. The Morgan fingerprint density at radius 2 is 1.89 bits per heavy atom. The van der Waals surface area contributed by atoms with E-state index in [4.69, 9.17) is 0 Å². The van der Waals surface area contributed by atoms with Crippen molar-refractivity contribution in [3.63, 3.8) is 0 Å². The minimum absolute atomic E-state index is 0. The van der Waals surface area contributed by atoms with Crippen molar-refractivity contribution < 1.29 is 4.79 Å². The second kappa shape index (κ2) is 6.92. The van der Waals surface area contributed by atoms with Gasteiger partial charge < -0.3 is 10.2 Å². The van der Waals surface area contributed by atoms with Crippen LogP contribution < -0.4 is 5.32 Å². The van der Waals surface area contributed by atoms with Crippen molar-refractivity contribution in [1.29, 1.82) is 0 Å². The highest BCUT2D eigenvalue weighted by Crippen LogP contribution is 2.17. The van der Waals surface area contributed by atoms with Crippen molar-refractivity contribution in [3.05, 3.63) is 34.9 Å². The zero-order valence-corrected chi connectivity index (χ0v) is 12.7. The molecule has 1 amide bonds. The second-order valence-electron chi connectivity index (χ2n) is 5.22. The summed E-state index contributed by atoms with van der Waals surface area (Å²) in [6, 6.07) is 6.41. The van der Waals surface area contributed by atoms with Crippen LogP contribution in [0.5, 0.6) is 0 Å². The third-order valence-corrected chi connectivity index (χ3v) is 3.79. The number of nitrogens with one attached hydrogen (secondary N) is 1. The Balaban J connectivity index is 0.00000180. The van der Waals surface area contributed by atoms with Gasteiger partial charge in [0.15, 0.2) is 0 Å². The smallest absolute Gasteiger partial charge is 0.254 e. The molecule has 0 spiro atoms. The van der Waals surface area contributed by atoms with Gasteiger partial charge in [-0.15, -0.1) is 12.4 Å². The second-order valence-corrected chi connectivity index (χ2v) is 5.22. The highest BCUT2D eigenvalue weighted by atomic mass is 35.5. The average Bonchev–Trinajstić information content (AvgIpc) is 2.38. The van der Waals surface area contributed by atoms with Crippen LogP contribution in [0.3, 0.4) is 0 Å². The average molecular weight is 283 g/mol. The van der Waals surface area contributed by atoms with E-state index >= 15 is 0 Å². The van der Waals surface area contributed by atoms with Gasteiger partial charge in [0, 0.05) is 18.7 Å². The molecular weight excluding hydrogens is 260 g/mol. The van der Waals surface area contributed by atoms with E-state index in [0.717, 1.165) is 37.1 Å². The number of halogens is 1. The van der Waals surface area contributed by atoms with Crippen LogP contribution in [-0.2, 0) is 0 Å². The van der Waals surface area contributed by atoms with Gasteiger partial charge in [-0.2, -0.15) is 0 Å². The van der Waals surface area contributed by atoms with Crippen LogP contribution in [0.1, 0.15) is 34.3 Å². The van der Waals surface area contributed by atoms with Gasteiger partial charge in [0.25, 0.3) is 5.91 Å². The number of rotatable bonds is 2. The van der Waals surface area contributed by atoms with Crippen LogP contribution in [0.15, 0.2) is 18.2 Å². The van der Waals surface area contributed by atoms with Gasteiger partial charge in [-0.25, -0.2) is 0 Å². The molecule has 1 aliphatic heterocycles. The molecule has 0 unspecified atom stereocenters. The Morgan fingerprint density at radius 1 is 1.26 bits per heavy atom. The Hall–Kier alpha value is -1.06. The number of benzene rings is 1. The van der Waals surface area contributed by atoms with Gasteiger partial charge in [-0.3, -0.25) is 4.79 Å². The highest BCUT2D eigenvalue weighted by Gasteiger charge is 2.23. The van der Waals surface area contributed by atoms with Crippen LogP contribution in [0.4, 0.5) is 0 Å². The van der Waals surface area contributed by atoms with E-state index < -0.39 is 0 Å². The summed E-state index contributed by atoms with van der Waals surface area (Å²) in [4.78, 5) is 14.4. The fourth-order valence-corrected chi connectivity index (χ4v) is 2.60. The van der Waals surface area contributed by atoms with Crippen LogP contribution in [-0.4, -0.2) is 37.0 Å². The normalized spacial score (nSPS) is 15.7.